The molecule has 0 aliphatic carbocycles. The van der Waals surface area contributed by atoms with Crippen LogP contribution in [0.15, 0.2) is 122 Å². The summed E-state index contributed by atoms with van der Waals surface area (Å²) in [6.45, 7) is 4.13. The average molecular weight is 697 g/mol. The van der Waals surface area contributed by atoms with Gasteiger partial charge in [0.2, 0.25) is 11.8 Å². The van der Waals surface area contributed by atoms with Crippen LogP contribution in [0.25, 0.3) is 32.0 Å². The molecular weight excluding hydrogens is 657 g/mol. The summed E-state index contributed by atoms with van der Waals surface area (Å²) in [4.78, 5) is 41.9. The molecule has 1 atom stereocenters. The molecule has 0 spiro atoms. The zero-order valence-electron chi connectivity index (χ0n) is 28.2. The van der Waals surface area contributed by atoms with E-state index in [1.165, 1.54) is 0 Å². The van der Waals surface area contributed by atoms with E-state index in [0.29, 0.717) is 25.9 Å². The van der Waals surface area contributed by atoms with Gasteiger partial charge >= 0.3 is 0 Å². The van der Waals surface area contributed by atoms with Gasteiger partial charge in [-0.2, -0.15) is 0 Å². The first-order valence-electron chi connectivity index (χ1n) is 17.3. The van der Waals surface area contributed by atoms with E-state index in [1.807, 2.05) is 82.9 Å². The summed E-state index contributed by atoms with van der Waals surface area (Å²) in [5.74, 6) is 0.304. The van der Waals surface area contributed by atoms with Crippen molar-refractivity contribution in [3.8, 4) is 32.0 Å². The molecule has 0 bridgehead atoms. The Labute approximate surface area is 302 Å². The monoisotopic (exact) mass is 696 g/mol. The predicted octanol–water partition coefficient (Wildman–Crippen LogP) is 9.49. The summed E-state index contributed by atoms with van der Waals surface area (Å²) in [6, 6.07) is 37.2. The average Bonchev–Trinajstić information content (AvgIpc) is 3.94. The van der Waals surface area contributed by atoms with Gasteiger partial charge < -0.3 is 9.80 Å². The third kappa shape index (κ3) is 7.93. The van der Waals surface area contributed by atoms with Gasteiger partial charge in [-0.25, -0.2) is 9.97 Å². The van der Waals surface area contributed by atoms with E-state index in [9.17, 15) is 9.59 Å². The number of aromatic nitrogens is 2. The largest absolute Gasteiger partial charge is 0.336 e. The molecule has 252 valence electrons. The second-order valence-electron chi connectivity index (χ2n) is 12.7. The SMILES string of the molecule is CCCN(Cc1ncc(-c2ccc(-c3ccc(-c4cnc([C@@H]5CCCN5C(=O)Cc5ccccc5)s4)cc3)cc2)s1)C(=O)Cc1ccccc1. The maximum atomic E-state index is 13.2. The number of carbonyl (C=O) groups is 2. The Balaban J connectivity index is 0.977. The minimum absolute atomic E-state index is 0.0507. The summed E-state index contributed by atoms with van der Waals surface area (Å²) in [5, 5.41) is 1.96. The van der Waals surface area contributed by atoms with Crippen molar-refractivity contribution >= 4 is 34.5 Å². The standard InChI is InChI=1S/C42H40N4O2S2/c1-2-23-45(40(47)25-30-10-5-3-6-11-30)29-39-43-27-37(49-39)34-19-15-32(16-20-34)33-17-21-35(22-18-33)38-28-44-42(50-38)36-14-9-24-46(36)41(48)26-31-12-7-4-8-13-31/h3-8,10-13,15-22,27-28,36H,2,9,14,23-26,29H2,1H3/t36-/m0/s1. The van der Waals surface area contributed by atoms with E-state index >= 15 is 0 Å². The summed E-state index contributed by atoms with van der Waals surface area (Å²) in [7, 11) is 0. The third-order valence-corrected chi connectivity index (χ3v) is 11.4. The van der Waals surface area contributed by atoms with Crippen molar-refractivity contribution in [2.45, 2.75) is 51.6 Å². The van der Waals surface area contributed by atoms with Crippen molar-refractivity contribution in [1.82, 2.24) is 19.8 Å². The Morgan fingerprint density at radius 3 is 1.90 bits per heavy atom. The van der Waals surface area contributed by atoms with Crippen LogP contribution < -0.4 is 0 Å². The van der Waals surface area contributed by atoms with Gasteiger partial charge in [0, 0.05) is 25.5 Å². The molecule has 6 aromatic rings. The van der Waals surface area contributed by atoms with Crippen LogP contribution in [0.2, 0.25) is 0 Å². The fourth-order valence-electron chi connectivity index (χ4n) is 6.55. The van der Waals surface area contributed by atoms with Crippen molar-refractivity contribution in [1.29, 1.82) is 0 Å². The molecule has 0 radical (unpaired) electrons. The maximum Gasteiger partial charge on any atom is 0.227 e. The first-order valence-corrected chi connectivity index (χ1v) is 18.9. The highest BCUT2D eigenvalue weighted by atomic mass is 32.1. The minimum atomic E-state index is 0.0507. The molecule has 3 heterocycles. The molecular formula is C42H40N4O2S2. The quantitative estimate of drug-likeness (QED) is 0.128. The zero-order chi connectivity index (χ0) is 34.3. The fourth-order valence-corrected chi connectivity index (χ4v) is 8.56. The number of hydrogen-bond donors (Lipinski definition) is 0. The summed E-state index contributed by atoms with van der Waals surface area (Å²) < 4.78 is 0. The third-order valence-electron chi connectivity index (χ3n) is 9.18. The number of nitrogens with zero attached hydrogens (tertiary/aromatic N) is 4. The van der Waals surface area contributed by atoms with E-state index < -0.39 is 0 Å². The summed E-state index contributed by atoms with van der Waals surface area (Å²) in [6.07, 6.45) is 7.57. The van der Waals surface area contributed by atoms with Gasteiger partial charge in [-0.15, -0.1) is 22.7 Å². The predicted molar refractivity (Wildman–Crippen MR) is 204 cm³/mol. The normalized spacial score (nSPS) is 14.2. The van der Waals surface area contributed by atoms with E-state index in [-0.39, 0.29) is 17.9 Å². The Bertz CT molecular complexity index is 2020. The zero-order valence-corrected chi connectivity index (χ0v) is 29.8. The molecule has 6 nitrogen and oxygen atoms in total. The number of hydrogen-bond acceptors (Lipinski definition) is 6. The molecule has 50 heavy (non-hydrogen) atoms. The van der Waals surface area contributed by atoms with Gasteiger partial charge in [0.15, 0.2) is 0 Å². The molecule has 1 aliphatic heterocycles. The lowest BCUT2D eigenvalue weighted by molar-refractivity contribution is -0.132. The lowest BCUT2D eigenvalue weighted by Gasteiger charge is -2.23. The van der Waals surface area contributed by atoms with Crippen molar-refractivity contribution in [2.75, 3.05) is 13.1 Å². The maximum absolute atomic E-state index is 13.2. The minimum Gasteiger partial charge on any atom is -0.336 e. The van der Waals surface area contributed by atoms with Crippen molar-refractivity contribution in [3.63, 3.8) is 0 Å². The molecule has 0 saturated carbocycles. The first-order chi connectivity index (χ1) is 24.5. The van der Waals surface area contributed by atoms with E-state index in [2.05, 4.69) is 60.4 Å². The number of rotatable bonds is 12. The lowest BCUT2D eigenvalue weighted by atomic mass is 10.0. The first kappa shape index (κ1) is 33.6. The molecule has 4 aromatic carbocycles. The van der Waals surface area contributed by atoms with Crippen LogP contribution in [-0.2, 0) is 29.0 Å². The molecule has 2 amide bonds. The van der Waals surface area contributed by atoms with Gasteiger partial charge in [0.1, 0.15) is 10.0 Å². The molecule has 1 aliphatic rings. The molecule has 0 unspecified atom stereocenters. The fraction of sp³-hybridized carbons (Fsp3) is 0.238. The Hall–Kier alpha value is -4.92. The van der Waals surface area contributed by atoms with Crippen molar-refractivity contribution in [2.24, 2.45) is 0 Å². The van der Waals surface area contributed by atoms with Crippen LogP contribution in [0.1, 0.15) is 53.4 Å². The van der Waals surface area contributed by atoms with Gasteiger partial charge in [-0.3, -0.25) is 9.59 Å². The van der Waals surface area contributed by atoms with Crippen molar-refractivity contribution < 1.29 is 9.59 Å². The number of carbonyl (C=O) groups excluding carboxylic acids is 2. The highest BCUT2D eigenvalue weighted by Crippen LogP contribution is 2.38. The molecule has 1 fully saturated rings. The van der Waals surface area contributed by atoms with E-state index in [0.717, 1.165) is 79.0 Å². The molecule has 2 aromatic heterocycles. The molecule has 0 N–H and O–H groups in total. The second-order valence-corrected chi connectivity index (χ2v) is 14.9. The molecule has 7 rings (SSSR count). The highest BCUT2D eigenvalue weighted by molar-refractivity contribution is 7.15. The van der Waals surface area contributed by atoms with Crippen molar-refractivity contribution in [3.05, 3.63) is 143 Å². The van der Waals surface area contributed by atoms with Crippen LogP contribution in [0.5, 0.6) is 0 Å². The molecule has 8 heteroatoms. The van der Waals surface area contributed by atoms with Crippen LogP contribution in [0.4, 0.5) is 0 Å². The van der Waals surface area contributed by atoms with Crippen LogP contribution in [-0.4, -0.2) is 44.7 Å². The van der Waals surface area contributed by atoms with Gasteiger partial charge in [-0.1, -0.05) is 116 Å². The summed E-state index contributed by atoms with van der Waals surface area (Å²) in [5.41, 5.74) is 6.63. The van der Waals surface area contributed by atoms with Gasteiger partial charge in [0.25, 0.3) is 0 Å². The van der Waals surface area contributed by atoms with E-state index in [1.54, 1.807) is 22.7 Å². The Morgan fingerprint density at radius 2 is 1.28 bits per heavy atom. The highest BCUT2D eigenvalue weighted by Gasteiger charge is 2.32. The number of thiazole rings is 2. The van der Waals surface area contributed by atoms with Crippen LogP contribution in [0.3, 0.4) is 0 Å². The Morgan fingerprint density at radius 1 is 0.720 bits per heavy atom. The van der Waals surface area contributed by atoms with Gasteiger partial charge in [0.05, 0.1) is 35.2 Å². The molecule has 1 saturated heterocycles. The van der Waals surface area contributed by atoms with Crippen LogP contribution >= 0.6 is 22.7 Å². The Kier molecular flexibility index (Phi) is 10.6. The van der Waals surface area contributed by atoms with E-state index in [4.69, 9.17) is 4.98 Å². The topological polar surface area (TPSA) is 66.4 Å². The lowest BCUT2D eigenvalue weighted by Crippen LogP contribution is -2.32. The second kappa shape index (κ2) is 15.7. The van der Waals surface area contributed by atoms with Crippen LogP contribution in [0, 0.1) is 0 Å². The number of likely N-dealkylation sites (tertiary alicyclic amines) is 1. The number of amides is 2. The smallest absolute Gasteiger partial charge is 0.227 e. The van der Waals surface area contributed by atoms with Gasteiger partial charge in [-0.05, 0) is 52.6 Å². The summed E-state index contributed by atoms with van der Waals surface area (Å²) >= 11 is 3.34. The number of benzene rings is 4.